The van der Waals surface area contributed by atoms with Gasteiger partial charge < -0.3 is 10.1 Å². The first-order valence-corrected chi connectivity index (χ1v) is 11.5. The van der Waals surface area contributed by atoms with Crippen LogP contribution in [0.25, 0.3) is 0 Å². The van der Waals surface area contributed by atoms with Crippen LogP contribution in [0.5, 0.6) is 5.75 Å². The number of halogens is 2. The lowest BCUT2D eigenvalue weighted by atomic mass is 10.1. The van der Waals surface area contributed by atoms with Crippen molar-refractivity contribution in [3.05, 3.63) is 88.6 Å². The normalized spacial score (nSPS) is 12.2. The van der Waals surface area contributed by atoms with E-state index in [2.05, 4.69) is 26.0 Å². The number of amides is 1. The minimum Gasteiger partial charge on any atom is -0.495 e. The average molecular weight is 507 g/mol. The summed E-state index contributed by atoms with van der Waals surface area (Å²) < 4.78 is 48.0. The molecule has 3 aromatic carbocycles. The van der Waals surface area contributed by atoms with E-state index in [1.807, 2.05) is 6.07 Å². The van der Waals surface area contributed by atoms with Gasteiger partial charge in [-0.2, -0.15) is 4.72 Å². The van der Waals surface area contributed by atoms with Gasteiger partial charge in [-0.25, -0.2) is 12.8 Å². The number of anilines is 1. The number of benzene rings is 3. The lowest BCUT2D eigenvalue weighted by molar-refractivity contribution is -0.117. The SMILES string of the molecule is COc1ccc(F)cc1S(=O)(=O)NC(Cc1ccccc1)C(=O)Nc1cccc(Br)c1. The molecule has 0 bridgehead atoms. The van der Waals surface area contributed by atoms with Gasteiger partial charge in [0, 0.05) is 10.2 Å². The highest BCUT2D eigenvalue weighted by atomic mass is 79.9. The van der Waals surface area contributed by atoms with Crippen molar-refractivity contribution in [2.24, 2.45) is 0 Å². The summed E-state index contributed by atoms with van der Waals surface area (Å²) in [7, 11) is -2.99. The first-order chi connectivity index (χ1) is 14.8. The van der Waals surface area contributed by atoms with Crippen LogP contribution in [0.1, 0.15) is 5.56 Å². The monoisotopic (exact) mass is 506 g/mol. The molecule has 1 atom stereocenters. The summed E-state index contributed by atoms with van der Waals surface area (Å²) in [5.41, 5.74) is 1.26. The summed E-state index contributed by atoms with van der Waals surface area (Å²) in [6.07, 6.45) is 0.0948. The van der Waals surface area contributed by atoms with E-state index < -0.39 is 27.8 Å². The first-order valence-electron chi connectivity index (χ1n) is 9.25. The van der Waals surface area contributed by atoms with Crippen LogP contribution in [-0.4, -0.2) is 27.5 Å². The van der Waals surface area contributed by atoms with Crippen LogP contribution in [0.15, 0.2) is 82.2 Å². The quantitative estimate of drug-likeness (QED) is 0.481. The van der Waals surface area contributed by atoms with Crippen molar-refractivity contribution in [1.82, 2.24) is 4.72 Å². The van der Waals surface area contributed by atoms with Crippen LogP contribution in [0.3, 0.4) is 0 Å². The van der Waals surface area contributed by atoms with Crippen LogP contribution in [0.4, 0.5) is 10.1 Å². The maximum atomic E-state index is 13.8. The van der Waals surface area contributed by atoms with Gasteiger partial charge in [-0.05, 0) is 48.4 Å². The van der Waals surface area contributed by atoms with Crippen molar-refractivity contribution >= 4 is 37.5 Å². The maximum Gasteiger partial charge on any atom is 0.245 e. The lowest BCUT2D eigenvalue weighted by Crippen LogP contribution is -2.45. The molecule has 2 N–H and O–H groups in total. The van der Waals surface area contributed by atoms with Gasteiger partial charge >= 0.3 is 0 Å². The molecule has 0 saturated carbocycles. The van der Waals surface area contributed by atoms with Crippen LogP contribution in [-0.2, 0) is 21.2 Å². The average Bonchev–Trinajstić information content (AvgIpc) is 2.74. The maximum absolute atomic E-state index is 13.8. The predicted molar refractivity (Wildman–Crippen MR) is 120 cm³/mol. The first kappa shape index (κ1) is 22.9. The third kappa shape index (κ3) is 6.13. The second kappa shape index (κ2) is 10.0. The minimum atomic E-state index is -4.28. The molecule has 0 spiro atoms. The molecule has 1 amide bonds. The molecule has 31 heavy (non-hydrogen) atoms. The smallest absolute Gasteiger partial charge is 0.245 e. The standard InChI is InChI=1S/C22H20BrFN2O4S/c1-30-20-11-10-17(24)14-21(20)31(28,29)26-19(12-15-6-3-2-4-7-15)22(27)25-18-9-5-8-16(23)13-18/h2-11,13-14,19,26H,12H2,1H3,(H,25,27). The van der Waals surface area contributed by atoms with Gasteiger partial charge in [0.25, 0.3) is 0 Å². The van der Waals surface area contributed by atoms with Gasteiger partial charge in [-0.3, -0.25) is 4.79 Å². The summed E-state index contributed by atoms with van der Waals surface area (Å²) in [6, 6.07) is 17.9. The van der Waals surface area contributed by atoms with Gasteiger partial charge in [-0.15, -0.1) is 0 Å². The molecule has 1 unspecified atom stereocenters. The number of carbonyl (C=O) groups excluding carboxylic acids is 1. The van der Waals surface area contributed by atoms with E-state index in [-0.39, 0.29) is 17.1 Å². The summed E-state index contributed by atoms with van der Waals surface area (Å²) in [5.74, 6) is -1.32. The summed E-state index contributed by atoms with van der Waals surface area (Å²) >= 11 is 3.33. The topological polar surface area (TPSA) is 84.5 Å². The number of ether oxygens (including phenoxy) is 1. The molecular weight excluding hydrogens is 487 g/mol. The Kier molecular flexibility index (Phi) is 7.42. The van der Waals surface area contributed by atoms with E-state index in [1.54, 1.807) is 48.5 Å². The number of hydrogen-bond acceptors (Lipinski definition) is 4. The van der Waals surface area contributed by atoms with E-state index in [1.165, 1.54) is 13.2 Å². The van der Waals surface area contributed by atoms with E-state index in [4.69, 9.17) is 4.74 Å². The van der Waals surface area contributed by atoms with E-state index >= 15 is 0 Å². The number of carbonyl (C=O) groups is 1. The zero-order valence-corrected chi connectivity index (χ0v) is 18.9. The zero-order chi connectivity index (χ0) is 22.4. The molecule has 162 valence electrons. The molecule has 0 aromatic heterocycles. The Morgan fingerprint density at radius 3 is 2.48 bits per heavy atom. The Morgan fingerprint density at radius 1 is 1.06 bits per heavy atom. The molecule has 0 aliphatic carbocycles. The highest BCUT2D eigenvalue weighted by molar-refractivity contribution is 9.10. The Labute approximate surface area is 188 Å². The summed E-state index contributed by atoms with van der Waals surface area (Å²) in [4.78, 5) is 12.6. The molecule has 0 fully saturated rings. The van der Waals surface area contributed by atoms with E-state index in [9.17, 15) is 17.6 Å². The van der Waals surface area contributed by atoms with Crippen LogP contribution in [0, 0.1) is 5.82 Å². The Balaban J connectivity index is 1.92. The van der Waals surface area contributed by atoms with E-state index in [0.29, 0.717) is 5.69 Å². The second-order valence-electron chi connectivity index (χ2n) is 6.66. The number of rotatable bonds is 8. The van der Waals surface area contributed by atoms with Gasteiger partial charge in [0.1, 0.15) is 22.5 Å². The molecule has 0 radical (unpaired) electrons. The van der Waals surface area contributed by atoms with Gasteiger partial charge in [0.05, 0.1) is 7.11 Å². The fourth-order valence-electron chi connectivity index (χ4n) is 2.94. The van der Waals surface area contributed by atoms with Crippen LogP contribution in [0.2, 0.25) is 0 Å². The highest BCUT2D eigenvalue weighted by Crippen LogP contribution is 2.25. The van der Waals surface area contributed by atoms with Crippen molar-refractivity contribution in [2.75, 3.05) is 12.4 Å². The number of sulfonamides is 1. The Morgan fingerprint density at radius 2 is 1.81 bits per heavy atom. The van der Waals surface area contributed by atoms with Gasteiger partial charge in [-0.1, -0.05) is 52.3 Å². The molecular formula is C22H20BrFN2O4S. The number of hydrogen-bond donors (Lipinski definition) is 2. The molecule has 0 aliphatic rings. The van der Waals surface area contributed by atoms with Crippen molar-refractivity contribution in [3.63, 3.8) is 0 Å². The molecule has 0 aliphatic heterocycles. The van der Waals surface area contributed by atoms with Crippen molar-refractivity contribution < 1.29 is 22.3 Å². The van der Waals surface area contributed by atoms with Crippen molar-refractivity contribution in [2.45, 2.75) is 17.4 Å². The zero-order valence-electron chi connectivity index (χ0n) is 16.5. The molecule has 9 heteroatoms. The fourth-order valence-corrected chi connectivity index (χ4v) is 4.72. The third-order valence-electron chi connectivity index (χ3n) is 4.40. The van der Waals surface area contributed by atoms with Gasteiger partial charge in [0.2, 0.25) is 15.9 Å². The molecule has 0 heterocycles. The molecule has 6 nitrogen and oxygen atoms in total. The highest BCUT2D eigenvalue weighted by Gasteiger charge is 2.28. The van der Waals surface area contributed by atoms with Crippen LogP contribution >= 0.6 is 15.9 Å². The minimum absolute atomic E-state index is 0.0280. The van der Waals surface area contributed by atoms with Gasteiger partial charge in [0.15, 0.2) is 0 Å². The Bertz CT molecular complexity index is 1170. The van der Waals surface area contributed by atoms with Crippen molar-refractivity contribution in [1.29, 1.82) is 0 Å². The lowest BCUT2D eigenvalue weighted by Gasteiger charge is -2.20. The van der Waals surface area contributed by atoms with E-state index in [0.717, 1.165) is 22.2 Å². The second-order valence-corrected chi connectivity index (χ2v) is 9.26. The molecule has 3 aromatic rings. The third-order valence-corrected chi connectivity index (χ3v) is 6.39. The molecule has 0 saturated heterocycles. The largest absolute Gasteiger partial charge is 0.495 e. The van der Waals surface area contributed by atoms with Crippen LogP contribution < -0.4 is 14.8 Å². The number of nitrogens with one attached hydrogen (secondary N) is 2. The fraction of sp³-hybridized carbons (Fsp3) is 0.136. The Hall–Kier alpha value is -2.75. The predicted octanol–water partition coefficient (Wildman–Crippen LogP) is 4.13. The number of methoxy groups -OCH3 is 1. The molecule has 3 rings (SSSR count). The summed E-state index contributed by atoms with van der Waals surface area (Å²) in [6.45, 7) is 0. The summed E-state index contributed by atoms with van der Waals surface area (Å²) in [5, 5.41) is 2.72. The van der Waals surface area contributed by atoms with Crippen molar-refractivity contribution in [3.8, 4) is 5.75 Å².